The van der Waals surface area contributed by atoms with Gasteiger partial charge < -0.3 is 29.2 Å². The number of aliphatic imine (C=N–C) groups is 1. The van der Waals surface area contributed by atoms with Gasteiger partial charge in [0, 0.05) is 47.0 Å². The van der Waals surface area contributed by atoms with E-state index in [1.165, 1.54) is 7.11 Å². The highest BCUT2D eigenvalue weighted by Crippen LogP contribution is 2.29. The molecule has 1 aromatic rings. The monoisotopic (exact) mass is 429 g/mol. The van der Waals surface area contributed by atoms with Crippen LogP contribution in [0.25, 0.3) is 0 Å². The number of hydrogen-bond acceptors (Lipinski definition) is 5. The van der Waals surface area contributed by atoms with Crippen molar-refractivity contribution in [2.75, 3.05) is 54.1 Å². The topological polar surface area (TPSA) is 64.6 Å². The second-order valence-electron chi connectivity index (χ2n) is 6.99. The van der Waals surface area contributed by atoms with E-state index in [-0.39, 0.29) is 17.6 Å². The maximum absolute atomic E-state index is 12.6. The summed E-state index contributed by atoms with van der Waals surface area (Å²) < 4.78 is 45.7. The Balaban J connectivity index is 1.77. The summed E-state index contributed by atoms with van der Waals surface area (Å²) in [6.45, 7) is 0.940. The first kappa shape index (κ1) is 24.1. The fourth-order valence-electron chi connectivity index (χ4n) is 3.40. The van der Waals surface area contributed by atoms with E-state index in [1.54, 1.807) is 26.3 Å². The molecule has 1 aliphatic rings. The van der Waals surface area contributed by atoms with Crippen LogP contribution in [0.2, 0.25) is 0 Å². The number of guanidine groups is 1. The zero-order valence-corrected chi connectivity index (χ0v) is 18.0. The van der Waals surface area contributed by atoms with Crippen LogP contribution < -0.4 is 14.8 Å². The van der Waals surface area contributed by atoms with Gasteiger partial charge in [0.15, 0.2) is 17.5 Å². The molecular weight excluding hydrogens is 396 g/mol. The number of rotatable bonds is 11. The van der Waals surface area contributed by atoms with Gasteiger partial charge in [-0.05, 0) is 43.4 Å². The van der Waals surface area contributed by atoms with E-state index < -0.39 is 6.61 Å². The van der Waals surface area contributed by atoms with Crippen LogP contribution in [0.4, 0.5) is 8.78 Å². The van der Waals surface area contributed by atoms with Crippen LogP contribution in [0.5, 0.6) is 11.5 Å². The molecule has 1 aliphatic heterocycles. The number of benzene rings is 1. The Kier molecular flexibility index (Phi) is 10.6. The van der Waals surface area contributed by atoms with Gasteiger partial charge in [0.25, 0.3) is 0 Å². The number of hydrogen-bond donors (Lipinski definition) is 1. The second kappa shape index (κ2) is 13.2. The zero-order chi connectivity index (χ0) is 21.8. The highest BCUT2D eigenvalue weighted by atomic mass is 19.3. The molecule has 7 nitrogen and oxygen atoms in total. The van der Waals surface area contributed by atoms with Crippen LogP contribution in [-0.4, -0.2) is 77.7 Å². The lowest BCUT2D eigenvalue weighted by Gasteiger charge is -2.34. The van der Waals surface area contributed by atoms with Crippen LogP contribution in [0, 0.1) is 0 Å². The number of nitrogens with one attached hydrogen (secondary N) is 1. The molecule has 0 amide bonds. The van der Waals surface area contributed by atoms with Crippen molar-refractivity contribution < 1.29 is 27.7 Å². The van der Waals surface area contributed by atoms with Gasteiger partial charge in [0.2, 0.25) is 0 Å². The first-order chi connectivity index (χ1) is 14.6. The quantitative estimate of drug-likeness (QED) is 0.332. The molecular formula is C21H33F2N3O4. The molecule has 0 atom stereocenters. The summed E-state index contributed by atoms with van der Waals surface area (Å²) in [4.78, 5) is 6.59. The summed E-state index contributed by atoms with van der Waals surface area (Å²) in [5.74, 6) is 1.17. The van der Waals surface area contributed by atoms with Gasteiger partial charge in [-0.3, -0.25) is 4.99 Å². The molecule has 1 N–H and O–H groups in total. The molecule has 1 saturated heterocycles. The summed E-state index contributed by atoms with van der Waals surface area (Å²) in [7, 11) is 4.88. The third kappa shape index (κ3) is 7.95. The SMILES string of the molecule is CN=C(NCCc1ccc(OC)c(OC(F)F)c1)N1CCC(OCCCOC)CC1. The van der Waals surface area contributed by atoms with Crippen molar-refractivity contribution in [1.29, 1.82) is 0 Å². The number of halogens is 2. The Hall–Kier alpha value is -2.13. The van der Waals surface area contributed by atoms with Crippen molar-refractivity contribution in [3.8, 4) is 11.5 Å². The van der Waals surface area contributed by atoms with Crippen molar-refractivity contribution in [2.45, 2.75) is 38.4 Å². The number of likely N-dealkylation sites (tertiary alicyclic amines) is 1. The van der Waals surface area contributed by atoms with Crippen LogP contribution in [0.3, 0.4) is 0 Å². The molecule has 1 aromatic carbocycles. The second-order valence-corrected chi connectivity index (χ2v) is 6.99. The highest BCUT2D eigenvalue weighted by Gasteiger charge is 2.21. The lowest BCUT2D eigenvalue weighted by molar-refractivity contribution is -0.0512. The largest absolute Gasteiger partial charge is 0.493 e. The summed E-state index contributed by atoms with van der Waals surface area (Å²) in [5, 5.41) is 3.35. The lowest BCUT2D eigenvalue weighted by atomic mass is 10.1. The first-order valence-corrected chi connectivity index (χ1v) is 10.2. The predicted octanol–water partition coefficient (Wildman–Crippen LogP) is 2.93. The van der Waals surface area contributed by atoms with E-state index in [4.69, 9.17) is 14.2 Å². The van der Waals surface area contributed by atoms with Gasteiger partial charge in [-0.2, -0.15) is 8.78 Å². The number of ether oxygens (including phenoxy) is 4. The van der Waals surface area contributed by atoms with Crippen LogP contribution >= 0.6 is 0 Å². The maximum atomic E-state index is 12.6. The summed E-state index contributed by atoms with van der Waals surface area (Å²) in [6.07, 6.45) is 3.75. The molecule has 170 valence electrons. The van der Waals surface area contributed by atoms with Crippen LogP contribution in [0.1, 0.15) is 24.8 Å². The molecule has 0 spiro atoms. The predicted molar refractivity (Wildman–Crippen MR) is 112 cm³/mol. The molecule has 9 heteroatoms. The van der Waals surface area contributed by atoms with E-state index in [2.05, 4.69) is 19.9 Å². The highest BCUT2D eigenvalue weighted by molar-refractivity contribution is 5.80. The van der Waals surface area contributed by atoms with Gasteiger partial charge in [-0.1, -0.05) is 6.07 Å². The maximum Gasteiger partial charge on any atom is 0.387 e. The molecule has 30 heavy (non-hydrogen) atoms. The standard InChI is InChI=1S/C21H33F2N3O4/c1-24-21(26-11-8-17(9-12-26)29-14-4-13-27-2)25-10-7-16-5-6-18(28-3)19(15-16)30-20(22)23/h5-6,15,17,20H,4,7-14H2,1-3H3,(H,24,25). The number of alkyl halides is 2. The van der Waals surface area contributed by atoms with Gasteiger partial charge in [-0.25, -0.2) is 0 Å². The number of nitrogens with zero attached hydrogens (tertiary/aromatic N) is 2. The van der Waals surface area contributed by atoms with Gasteiger partial charge in [0.1, 0.15) is 0 Å². The molecule has 0 aromatic heterocycles. The fraction of sp³-hybridized carbons (Fsp3) is 0.667. The van der Waals surface area contributed by atoms with Gasteiger partial charge in [-0.15, -0.1) is 0 Å². The van der Waals surface area contributed by atoms with E-state index >= 15 is 0 Å². The molecule has 0 unspecified atom stereocenters. The van der Waals surface area contributed by atoms with Crippen molar-refractivity contribution in [2.24, 2.45) is 4.99 Å². The van der Waals surface area contributed by atoms with Gasteiger partial charge in [0.05, 0.1) is 13.2 Å². The normalized spacial score (nSPS) is 15.5. The minimum Gasteiger partial charge on any atom is -0.493 e. The minimum absolute atomic E-state index is 0.0435. The van der Waals surface area contributed by atoms with E-state index in [0.29, 0.717) is 13.0 Å². The molecule has 0 aliphatic carbocycles. The van der Waals surface area contributed by atoms with Gasteiger partial charge >= 0.3 is 6.61 Å². The molecule has 2 rings (SSSR count). The van der Waals surface area contributed by atoms with E-state index in [1.807, 2.05) is 6.07 Å². The fourth-order valence-corrected chi connectivity index (χ4v) is 3.40. The molecule has 0 radical (unpaired) electrons. The molecule has 1 fully saturated rings. The molecule has 1 heterocycles. The lowest BCUT2D eigenvalue weighted by Crippen LogP contribution is -2.47. The molecule has 0 bridgehead atoms. The Morgan fingerprint density at radius 3 is 2.60 bits per heavy atom. The van der Waals surface area contributed by atoms with Crippen molar-refractivity contribution >= 4 is 5.96 Å². The summed E-state index contributed by atoms with van der Waals surface area (Å²) >= 11 is 0. The minimum atomic E-state index is -2.89. The van der Waals surface area contributed by atoms with Crippen LogP contribution in [-0.2, 0) is 15.9 Å². The average Bonchev–Trinajstić information content (AvgIpc) is 2.75. The average molecular weight is 430 g/mol. The van der Waals surface area contributed by atoms with Crippen molar-refractivity contribution in [1.82, 2.24) is 10.2 Å². The number of piperidine rings is 1. The van der Waals surface area contributed by atoms with E-state index in [0.717, 1.165) is 57.1 Å². The summed E-state index contributed by atoms with van der Waals surface area (Å²) in [5.41, 5.74) is 0.873. The first-order valence-electron chi connectivity index (χ1n) is 10.2. The van der Waals surface area contributed by atoms with Crippen LogP contribution in [0.15, 0.2) is 23.2 Å². The Labute approximate surface area is 177 Å². The van der Waals surface area contributed by atoms with Crippen molar-refractivity contribution in [3.05, 3.63) is 23.8 Å². The van der Waals surface area contributed by atoms with E-state index in [9.17, 15) is 8.78 Å². The Bertz CT molecular complexity index is 653. The third-order valence-electron chi connectivity index (χ3n) is 4.94. The third-order valence-corrected chi connectivity index (χ3v) is 4.94. The summed E-state index contributed by atoms with van der Waals surface area (Å²) in [6, 6.07) is 5.06. The van der Waals surface area contributed by atoms with Crippen molar-refractivity contribution in [3.63, 3.8) is 0 Å². The smallest absolute Gasteiger partial charge is 0.387 e. The zero-order valence-electron chi connectivity index (χ0n) is 18.0. The Morgan fingerprint density at radius 1 is 1.20 bits per heavy atom. The Morgan fingerprint density at radius 2 is 1.97 bits per heavy atom. The molecule has 0 saturated carbocycles. The number of methoxy groups -OCH3 is 2.